The van der Waals surface area contributed by atoms with Crippen molar-refractivity contribution in [1.82, 2.24) is 4.90 Å². The molecule has 0 aliphatic carbocycles. The fourth-order valence-electron chi connectivity index (χ4n) is 1.60. The molecule has 0 saturated heterocycles. The van der Waals surface area contributed by atoms with Gasteiger partial charge < -0.3 is 0 Å². The number of hydrogen-bond acceptors (Lipinski definition) is 3. The van der Waals surface area contributed by atoms with E-state index in [2.05, 4.69) is 11.6 Å². The van der Waals surface area contributed by atoms with Gasteiger partial charge in [0.15, 0.2) is 5.17 Å². The molecule has 0 aromatic rings. The van der Waals surface area contributed by atoms with Gasteiger partial charge in [-0.3, -0.25) is 14.5 Å². The molecule has 94 valence electrons. The smallest absolute Gasteiger partial charge is 0.294 e. The standard InChI is InChI=1S/C12H18N2O2S.Na/c1-4-6-7-9-10(15)13-12(17-8-5-2)14(3)11(9)16;/h5,9H,2,4,6-8H2,1,3H3;/q;+1. The largest absolute Gasteiger partial charge is 1.00 e. The van der Waals surface area contributed by atoms with E-state index < -0.39 is 5.92 Å². The van der Waals surface area contributed by atoms with E-state index >= 15 is 0 Å². The summed E-state index contributed by atoms with van der Waals surface area (Å²) in [5, 5.41) is 0.479. The van der Waals surface area contributed by atoms with Gasteiger partial charge in [0.25, 0.3) is 5.91 Å². The molecule has 1 atom stereocenters. The van der Waals surface area contributed by atoms with E-state index in [1.165, 1.54) is 16.7 Å². The van der Waals surface area contributed by atoms with Crippen LogP contribution >= 0.6 is 11.8 Å². The van der Waals surface area contributed by atoms with Crippen LogP contribution in [0.3, 0.4) is 0 Å². The molecule has 1 heterocycles. The molecule has 0 N–H and O–H groups in total. The fourth-order valence-corrected chi connectivity index (χ4v) is 2.30. The average Bonchev–Trinajstić information content (AvgIpc) is 2.32. The summed E-state index contributed by atoms with van der Waals surface area (Å²) in [6.45, 7) is 5.64. The molecule has 2 amide bonds. The third-order valence-corrected chi connectivity index (χ3v) is 3.62. The summed E-state index contributed by atoms with van der Waals surface area (Å²) in [7, 11) is 1.67. The number of nitrogens with zero attached hydrogens (tertiary/aromatic N) is 2. The molecule has 0 aromatic heterocycles. The Morgan fingerprint density at radius 1 is 1.50 bits per heavy atom. The molecule has 0 bridgehead atoms. The molecular weight excluding hydrogens is 259 g/mol. The Morgan fingerprint density at radius 2 is 2.17 bits per heavy atom. The number of unbranched alkanes of at least 4 members (excludes halogenated alkanes) is 1. The third-order valence-electron chi connectivity index (χ3n) is 2.60. The second kappa shape index (κ2) is 8.91. The zero-order chi connectivity index (χ0) is 12.8. The van der Waals surface area contributed by atoms with Crippen molar-refractivity contribution >= 4 is 28.7 Å². The van der Waals surface area contributed by atoms with Crippen molar-refractivity contribution in [3.63, 3.8) is 0 Å². The van der Waals surface area contributed by atoms with Gasteiger partial charge in [0.05, 0.1) is 0 Å². The van der Waals surface area contributed by atoms with Crippen molar-refractivity contribution in [3.8, 4) is 0 Å². The first-order valence-corrected chi connectivity index (χ1v) is 6.74. The maximum atomic E-state index is 12.0. The molecule has 4 nitrogen and oxygen atoms in total. The zero-order valence-electron chi connectivity index (χ0n) is 11.3. The summed E-state index contributed by atoms with van der Waals surface area (Å²) in [4.78, 5) is 29.2. The van der Waals surface area contributed by atoms with E-state index in [9.17, 15) is 9.59 Å². The van der Waals surface area contributed by atoms with Crippen molar-refractivity contribution in [2.24, 2.45) is 10.9 Å². The van der Waals surface area contributed by atoms with E-state index in [0.717, 1.165) is 12.8 Å². The number of carbonyl (C=O) groups excluding carboxylic acids is 2. The average molecular weight is 277 g/mol. The van der Waals surface area contributed by atoms with Crippen LogP contribution in [0.1, 0.15) is 26.2 Å². The van der Waals surface area contributed by atoms with Gasteiger partial charge in [-0.1, -0.05) is 37.6 Å². The fraction of sp³-hybridized carbons (Fsp3) is 0.583. The zero-order valence-corrected chi connectivity index (χ0v) is 14.1. The number of thioether (sulfide) groups is 1. The Kier molecular flexibility index (Phi) is 8.86. The Labute approximate surface area is 135 Å². The minimum absolute atomic E-state index is 0. The van der Waals surface area contributed by atoms with E-state index in [0.29, 0.717) is 17.3 Å². The molecule has 1 unspecified atom stereocenters. The van der Waals surface area contributed by atoms with Crippen molar-refractivity contribution in [2.75, 3.05) is 12.8 Å². The van der Waals surface area contributed by atoms with Crippen LogP contribution in [0.4, 0.5) is 0 Å². The molecule has 18 heavy (non-hydrogen) atoms. The molecule has 1 rings (SSSR count). The van der Waals surface area contributed by atoms with Gasteiger partial charge in [0, 0.05) is 12.8 Å². The predicted molar refractivity (Wildman–Crippen MR) is 70.9 cm³/mol. The summed E-state index contributed by atoms with van der Waals surface area (Å²) < 4.78 is 0. The summed E-state index contributed by atoms with van der Waals surface area (Å²) in [6, 6.07) is 0. The molecule has 1 aliphatic heterocycles. The van der Waals surface area contributed by atoms with Crippen LogP contribution < -0.4 is 29.6 Å². The second-order valence-electron chi connectivity index (χ2n) is 3.92. The van der Waals surface area contributed by atoms with Crippen LogP contribution in [0.5, 0.6) is 0 Å². The van der Waals surface area contributed by atoms with E-state index in [1.54, 1.807) is 13.1 Å². The third kappa shape index (κ3) is 4.53. The first-order valence-electron chi connectivity index (χ1n) is 5.75. The van der Waals surface area contributed by atoms with Crippen LogP contribution in [0.25, 0.3) is 0 Å². The van der Waals surface area contributed by atoms with Crippen LogP contribution in [0, 0.1) is 5.92 Å². The molecule has 6 heteroatoms. The van der Waals surface area contributed by atoms with Crippen LogP contribution in [0.15, 0.2) is 17.6 Å². The van der Waals surface area contributed by atoms with Crippen molar-refractivity contribution in [3.05, 3.63) is 12.7 Å². The number of amidine groups is 1. The Balaban J connectivity index is 0.00000289. The van der Waals surface area contributed by atoms with Gasteiger partial charge in [-0.2, -0.15) is 4.99 Å². The molecule has 0 radical (unpaired) electrons. The normalized spacial score (nSPS) is 19.3. The first-order chi connectivity index (χ1) is 8.11. The first kappa shape index (κ1) is 17.9. The molecular formula is C12H18N2NaO2S+. The van der Waals surface area contributed by atoms with Crippen LogP contribution in [-0.2, 0) is 9.59 Å². The van der Waals surface area contributed by atoms with Gasteiger partial charge in [0.1, 0.15) is 5.92 Å². The van der Waals surface area contributed by atoms with Gasteiger partial charge in [-0.25, -0.2) is 0 Å². The van der Waals surface area contributed by atoms with Crippen molar-refractivity contribution in [1.29, 1.82) is 0 Å². The second-order valence-corrected chi connectivity index (χ2v) is 4.91. The van der Waals surface area contributed by atoms with Gasteiger partial charge in [-0.15, -0.1) is 6.58 Å². The van der Waals surface area contributed by atoms with E-state index in [-0.39, 0.29) is 41.4 Å². The van der Waals surface area contributed by atoms with E-state index in [4.69, 9.17) is 0 Å². The number of rotatable bonds is 5. The summed E-state index contributed by atoms with van der Waals surface area (Å²) in [6.07, 6.45) is 4.17. The minimum Gasteiger partial charge on any atom is -0.294 e. The predicted octanol–water partition coefficient (Wildman–Crippen LogP) is -0.929. The number of carbonyl (C=O) groups is 2. The minimum atomic E-state index is -0.576. The summed E-state index contributed by atoms with van der Waals surface area (Å²) in [5.41, 5.74) is 0. The number of hydrogen-bond donors (Lipinski definition) is 0. The number of aliphatic imine (C=N–C) groups is 1. The van der Waals surface area contributed by atoms with Crippen molar-refractivity contribution in [2.45, 2.75) is 26.2 Å². The molecule has 0 saturated carbocycles. The van der Waals surface area contributed by atoms with Gasteiger partial charge in [-0.05, 0) is 6.42 Å². The Bertz CT molecular complexity index is 358. The summed E-state index contributed by atoms with van der Waals surface area (Å²) in [5.74, 6) is -0.366. The topological polar surface area (TPSA) is 49.7 Å². The molecule has 0 aromatic carbocycles. The quantitative estimate of drug-likeness (QED) is 0.371. The van der Waals surface area contributed by atoms with Crippen LogP contribution in [-0.4, -0.2) is 34.7 Å². The van der Waals surface area contributed by atoms with Crippen LogP contribution in [0.2, 0.25) is 0 Å². The van der Waals surface area contributed by atoms with Gasteiger partial charge in [0.2, 0.25) is 5.91 Å². The monoisotopic (exact) mass is 277 g/mol. The maximum Gasteiger partial charge on any atom is 1.00 e. The maximum absolute atomic E-state index is 12.0. The summed E-state index contributed by atoms with van der Waals surface area (Å²) >= 11 is 1.36. The Morgan fingerprint density at radius 3 is 2.72 bits per heavy atom. The van der Waals surface area contributed by atoms with Crippen molar-refractivity contribution < 1.29 is 39.1 Å². The molecule has 0 spiro atoms. The molecule has 1 aliphatic rings. The number of amides is 2. The van der Waals surface area contributed by atoms with Gasteiger partial charge >= 0.3 is 29.6 Å². The Hall–Kier alpha value is -0.100. The SMILES string of the molecule is C=CCSC1=NC(=O)C(CCCC)C(=O)N1C.[Na+]. The molecule has 0 fully saturated rings. The van der Waals surface area contributed by atoms with E-state index in [1.807, 2.05) is 6.92 Å².